The number of cyclic esters (lactones) is 1. The van der Waals surface area contributed by atoms with Crippen LogP contribution in [0.2, 0.25) is 0 Å². The van der Waals surface area contributed by atoms with Crippen LogP contribution < -0.4 is 0 Å². The van der Waals surface area contributed by atoms with E-state index in [4.69, 9.17) is 14.9 Å². The first-order valence-corrected chi connectivity index (χ1v) is 5.96. The maximum atomic E-state index is 11.6. The number of hydrogen-bond donors (Lipinski definition) is 2. The molecule has 0 bridgehead atoms. The third-order valence-electron chi connectivity index (χ3n) is 3.01. The highest BCUT2D eigenvalue weighted by Gasteiger charge is 2.46. The number of carboxylic acids is 1. The second kappa shape index (κ2) is 5.60. The number of esters is 1. The van der Waals surface area contributed by atoms with Gasteiger partial charge in [-0.25, -0.2) is 9.59 Å². The van der Waals surface area contributed by atoms with Crippen molar-refractivity contribution in [3.8, 4) is 0 Å². The summed E-state index contributed by atoms with van der Waals surface area (Å²) in [6.45, 7) is 0. The minimum atomic E-state index is -1.37. The second-order valence-corrected chi connectivity index (χ2v) is 4.38. The van der Waals surface area contributed by atoms with Crippen molar-refractivity contribution in [2.24, 2.45) is 0 Å². The Morgan fingerprint density at radius 2 is 1.85 bits per heavy atom. The molecule has 1 aliphatic heterocycles. The van der Waals surface area contributed by atoms with E-state index in [9.17, 15) is 14.4 Å². The molecule has 0 aromatic heterocycles. The number of hydrogen-bond acceptors (Lipinski definition) is 4. The molecule has 1 aromatic carbocycles. The van der Waals surface area contributed by atoms with E-state index in [1.807, 2.05) is 6.07 Å². The van der Waals surface area contributed by atoms with Gasteiger partial charge in [-0.15, -0.1) is 0 Å². The van der Waals surface area contributed by atoms with Crippen molar-refractivity contribution in [2.45, 2.75) is 25.1 Å². The molecule has 0 spiro atoms. The molecule has 2 atom stereocenters. The van der Waals surface area contributed by atoms with Gasteiger partial charge in [0.25, 0.3) is 0 Å². The lowest BCUT2D eigenvalue weighted by Gasteiger charge is -2.22. The Morgan fingerprint density at radius 3 is 2.40 bits per heavy atom. The third-order valence-corrected chi connectivity index (χ3v) is 3.01. The van der Waals surface area contributed by atoms with E-state index in [0.717, 1.165) is 10.5 Å². The van der Waals surface area contributed by atoms with Crippen LogP contribution in [0.25, 0.3) is 0 Å². The Labute approximate surface area is 114 Å². The number of aliphatic carboxylic acids is 1. The summed E-state index contributed by atoms with van der Waals surface area (Å²) in [7, 11) is 0. The fraction of sp³-hybridized carbons (Fsp3) is 0.308. The Balaban J connectivity index is 2.18. The summed E-state index contributed by atoms with van der Waals surface area (Å²) in [5.74, 6) is -2.07. The Hall–Kier alpha value is -2.57. The molecule has 7 nitrogen and oxygen atoms in total. The number of ether oxygens (including phenoxy) is 1. The molecule has 1 amide bonds. The zero-order chi connectivity index (χ0) is 14.7. The third kappa shape index (κ3) is 2.87. The van der Waals surface area contributed by atoms with Gasteiger partial charge in [-0.05, 0) is 5.56 Å². The van der Waals surface area contributed by atoms with E-state index in [-0.39, 0.29) is 6.42 Å². The lowest BCUT2D eigenvalue weighted by molar-refractivity contribution is -0.146. The molecule has 7 heteroatoms. The van der Waals surface area contributed by atoms with Crippen LogP contribution in [0.4, 0.5) is 4.79 Å². The predicted octanol–water partition coefficient (Wildman–Crippen LogP) is 0.935. The van der Waals surface area contributed by atoms with Gasteiger partial charge in [0.05, 0.1) is 6.42 Å². The van der Waals surface area contributed by atoms with Crippen LogP contribution in [0.3, 0.4) is 0 Å². The topological polar surface area (TPSA) is 104 Å². The van der Waals surface area contributed by atoms with Crippen LogP contribution in [0.1, 0.15) is 12.0 Å². The lowest BCUT2D eigenvalue weighted by atomic mass is 10.1. The average molecular weight is 279 g/mol. The maximum Gasteiger partial charge on any atom is 0.410 e. The first-order valence-electron chi connectivity index (χ1n) is 5.96. The van der Waals surface area contributed by atoms with Gasteiger partial charge in [0, 0.05) is 6.42 Å². The SMILES string of the molecule is O=C(O)CC1C(=O)OC(Cc2ccccc2)N1C(=O)O. The highest BCUT2D eigenvalue weighted by Crippen LogP contribution is 2.24. The van der Waals surface area contributed by atoms with Crippen molar-refractivity contribution in [1.82, 2.24) is 4.90 Å². The second-order valence-electron chi connectivity index (χ2n) is 4.38. The Kier molecular flexibility index (Phi) is 3.88. The first kappa shape index (κ1) is 13.9. The van der Waals surface area contributed by atoms with Gasteiger partial charge in [-0.1, -0.05) is 30.3 Å². The van der Waals surface area contributed by atoms with E-state index >= 15 is 0 Å². The van der Waals surface area contributed by atoms with Crippen LogP contribution in [0.5, 0.6) is 0 Å². The summed E-state index contributed by atoms with van der Waals surface area (Å²) in [6.07, 6.45) is -2.78. The molecule has 2 N–H and O–H groups in total. The molecular formula is C13H13NO6. The molecule has 0 saturated carbocycles. The van der Waals surface area contributed by atoms with Gasteiger partial charge in [0.15, 0.2) is 6.23 Å². The average Bonchev–Trinajstić information content (AvgIpc) is 2.66. The highest BCUT2D eigenvalue weighted by atomic mass is 16.6. The van der Waals surface area contributed by atoms with Gasteiger partial charge in [-0.3, -0.25) is 9.69 Å². The standard InChI is InChI=1S/C13H13NO6/c15-11(16)7-9-12(17)20-10(14(9)13(18)19)6-8-4-2-1-3-5-8/h1-5,9-10H,6-7H2,(H,15,16)(H,18,19). The van der Waals surface area contributed by atoms with Crippen molar-refractivity contribution >= 4 is 18.0 Å². The van der Waals surface area contributed by atoms with Gasteiger partial charge >= 0.3 is 18.0 Å². The van der Waals surface area contributed by atoms with E-state index in [1.54, 1.807) is 24.3 Å². The molecule has 20 heavy (non-hydrogen) atoms. The summed E-state index contributed by atoms with van der Waals surface area (Å²) in [5.41, 5.74) is 0.799. The van der Waals surface area contributed by atoms with Crippen molar-refractivity contribution in [2.75, 3.05) is 0 Å². The van der Waals surface area contributed by atoms with Crippen LogP contribution in [-0.4, -0.2) is 45.4 Å². The summed E-state index contributed by atoms with van der Waals surface area (Å²) in [5, 5.41) is 17.9. The molecule has 2 rings (SSSR count). The van der Waals surface area contributed by atoms with E-state index in [2.05, 4.69) is 0 Å². The molecule has 0 radical (unpaired) electrons. The van der Waals surface area contributed by atoms with Crippen LogP contribution in [0.15, 0.2) is 30.3 Å². The van der Waals surface area contributed by atoms with Crippen LogP contribution >= 0.6 is 0 Å². The monoisotopic (exact) mass is 279 g/mol. The molecule has 2 unspecified atom stereocenters. The smallest absolute Gasteiger partial charge is 0.410 e. The number of amides is 1. The fourth-order valence-electron chi connectivity index (χ4n) is 2.14. The molecule has 1 saturated heterocycles. The number of nitrogens with zero attached hydrogens (tertiary/aromatic N) is 1. The number of carbonyl (C=O) groups is 3. The number of carbonyl (C=O) groups excluding carboxylic acids is 1. The van der Waals surface area contributed by atoms with E-state index in [1.165, 1.54) is 0 Å². The largest absolute Gasteiger partial charge is 0.481 e. The van der Waals surface area contributed by atoms with Gasteiger partial charge < -0.3 is 14.9 Å². The van der Waals surface area contributed by atoms with Crippen molar-refractivity contribution in [1.29, 1.82) is 0 Å². The predicted molar refractivity (Wildman–Crippen MR) is 65.9 cm³/mol. The number of benzene rings is 1. The molecule has 0 aliphatic carbocycles. The minimum Gasteiger partial charge on any atom is -0.481 e. The van der Waals surface area contributed by atoms with Gasteiger partial charge in [0.1, 0.15) is 6.04 Å². The van der Waals surface area contributed by atoms with Crippen LogP contribution in [0, 0.1) is 0 Å². The molecule has 1 heterocycles. The quantitative estimate of drug-likeness (QED) is 0.795. The molecule has 1 aromatic rings. The van der Waals surface area contributed by atoms with Crippen LogP contribution in [-0.2, 0) is 20.7 Å². The maximum absolute atomic E-state index is 11.6. The zero-order valence-electron chi connectivity index (χ0n) is 10.4. The molecule has 1 aliphatic rings. The summed E-state index contributed by atoms with van der Waals surface area (Å²) in [6, 6.07) is 7.64. The highest BCUT2D eigenvalue weighted by molar-refractivity contribution is 5.87. The minimum absolute atomic E-state index is 0.189. The summed E-state index contributed by atoms with van der Waals surface area (Å²) >= 11 is 0. The van der Waals surface area contributed by atoms with Gasteiger partial charge in [0.2, 0.25) is 0 Å². The number of carboxylic acid groups (broad SMARTS) is 2. The van der Waals surface area contributed by atoms with Gasteiger partial charge in [-0.2, -0.15) is 0 Å². The Bertz CT molecular complexity index is 529. The normalized spacial score (nSPS) is 21.6. The van der Waals surface area contributed by atoms with Crippen molar-refractivity contribution in [3.63, 3.8) is 0 Å². The lowest BCUT2D eigenvalue weighted by Crippen LogP contribution is -2.43. The Morgan fingerprint density at radius 1 is 1.20 bits per heavy atom. The first-order chi connectivity index (χ1) is 9.49. The molecular weight excluding hydrogens is 266 g/mol. The van der Waals surface area contributed by atoms with E-state index < -0.39 is 36.7 Å². The molecule has 106 valence electrons. The van der Waals surface area contributed by atoms with Crippen molar-refractivity contribution in [3.05, 3.63) is 35.9 Å². The van der Waals surface area contributed by atoms with Crippen molar-refractivity contribution < 1.29 is 29.3 Å². The fourth-order valence-corrected chi connectivity index (χ4v) is 2.14. The zero-order valence-corrected chi connectivity index (χ0v) is 10.4. The molecule has 1 fully saturated rings. The van der Waals surface area contributed by atoms with E-state index in [0.29, 0.717) is 0 Å². The summed E-state index contributed by atoms with van der Waals surface area (Å²) in [4.78, 5) is 34.3. The summed E-state index contributed by atoms with van der Waals surface area (Å²) < 4.78 is 5.00. The number of rotatable bonds is 4.